The van der Waals surface area contributed by atoms with Gasteiger partial charge in [0.15, 0.2) is 0 Å². The summed E-state index contributed by atoms with van der Waals surface area (Å²) in [7, 11) is 0. The normalized spacial score (nSPS) is 17.9. The third-order valence-electron chi connectivity index (χ3n) is 2.66. The van der Waals surface area contributed by atoms with Gasteiger partial charge in [-0.25, -0.2) is 9.59 Å². The number of hydrogen-bond acceptors (Lipinski definition) is 3. The Morgan fingerprint density at radius 1 is 1.25 bits per heavy atom. The number of urea groups is 1. The number of carbonyl (C=O) groups is 2. The van der Waals surface area contributed by atoms with Gasteiger partial charge in [-0.15, -0.1) is 0 Å². The van der Waals surface area contributed by atoms with Gasteiger partial charge in [0, 0.05) is 26.1 Å². The molecular formula is C10H18N2O4. The van der Waals surface area contributed by atoms with Crippen molar-refractivity contribution in [3.8, 4) is 0 Å². The lowest BCUT2D eigenvalue weighted by atomic mass is 10.1. The van der Waals surface area contributed by atoms with Crippen LogP contribution in [0.4, 0.5) is 4.79 Å². The topological polar surface area (TPSA) is 89.9 Å². The van der Waals surface area contributed by atoms with Crippen LogP contribution in [0, 0.1) is 0 Å². The Hall–Kier alpha value is -1.30. The second kappa shape index (κ2) is 6.32. The first-order valence-corrected chi connectivity index (χ1v) is 5.54. The summed E-state index contributed by atoms with van der Waals surface area (Å²) in [4.78, 5) is 24.0. The molecule has 1 rings (SSSR count). The number of amides is 2. The zero-order chi connectivity index (χ0) is 12.0. The van der Waals surface area contributed by atoms with E-state index in [1.54, 1.807) is 4.90 Å². The van der Waals surface area contributed by atoms with Gasteiger partial charge in [-0.05, 0) is 19.3 Å². The monoisotopic (exact) mass is 230 g/mol. The molecule has 6 heteroatoms. The van der Waals surface area contributed by atoms with E-state index in [-0.39, 0.29) is 19.1 Å². The van der Waals surface area contributed by atoms with Crippen LogP contribution in [0.2, 0.25) is 0 Å². The molecule has 0 aromatic carbocycles. The summed E-state index contributed by atoms with van der Waals surface area (Å²) < 4.78 is 0. The van der Waals surface area contributed by atoms with Crippen molar-refractivity contribution in [2.45, 2.75) is 31.7 Å². The number of likely N-dealkylation sites (tertiary alicyclic amines) is 1. The van der Waals surface area contributed by atoms with E-state index in [0.717, 1.165) is 19.3 Å². The Balaban J connectivity index is 2.43. The molecule has 0 aromatic heterocycles. The lowest BCUT2D eigenvalue weighted by Gasteiger charge is -2.28. The number of rotatable bonds is 4. The van der Waals surface area contributed by atoms with Gasteiger partial charge in [0.2, 0.25) is 0 Å². The van der Waals surface area contributed by atoms with Crippen molar-refractivity contribution in [1.82, 2.24) is 10.2 Å². The molecule has 0 bridgehead atoms. The molecular weight excluding hydrogens is 212 g/mol. The van der Waals surface area contributed by atoms with Crippen LogP contribution in [0.25, 0.3) is 0 Å². The van der Waals surface area contributed by atoms with Crippen LogP contribution in [0.3, 0.4) is 0 Å². The lowest BCUT2D eigenvalue weighted by Crippen LogP contribution is -2.49. The minimum absolute atomic E-state index is 0.0366. The molecule has 0 aliphatic carbocycles. The first kappa shape index (κ1) is 12.8. The highest BCUT2D eigenvalue weighted by Crippen LogP contribution is 2.08. The quantitative estimate of drug-likeness (QED) is 0.635. The van der Waals surface area contributed by atoms with Gasteiger partial charge in [0.05, 0.1) is 0 Å². The first-order chi connectivity index (χ1) is 7.65. The van der Waals surface area contributed by atoms with E-state index in [1.807, 2.05) is 0 Å². The number of aliphatic hydroxyl groups excluding tert-OH is 1. The highest BCUT2D eigenvalue weighted by atomic mass is 16.4. The summed E-state index contributed by atoms with van der Waals surface area (Å²) in [5.41, 5.74) is 0. The van der Waals surface area contributed by atoms with Crippen LogP contribution in [-0.2, 0) is 4.79 Å². The van der Waals surface area contributed by atoms with Crippen molar-refractivity contribution in [3.63, 3.8) is 0 Å². The number of carboxylic acids is 1. The molecule has 0 radical (unpaired) electrons. The Labute approximate surface area is 94.2 Å². The molecule has 3 N–H and O–H groups in total. The maximum absolute atomic E-state index is 11.7. The average Bonchev–Trinajstić information content (AvgIpc) is 2.29. The predicted octanol–water partition coefficient (Wildman–Crippen LogP) is 0.0175. The van der Waals surface area contributed by atoms with E-state index >= 15 is 0 Å². The number of carbonyl (C=O) groups excluding carboxylic acids is 1. The van der Waals surface area contributed by atoms with Gasteiger partial charge in [-0.3, -0.25) is 0 Å². The van der Waals surface area contributed by atoms with Crippen LogP contribution in [0.15, 0.2) is 0 Å². The van der Waals surface area contributed by atoms with E-state index in [9.17, 15) is 9.59 Å². The summed E-state index contributed by atoms with van der Waals surface area (Å²) in [6, 6.07) is -1.35. The molecule has 1 aliphatic rings. The van der Waals surface area contributed by atoms with Crippen molar-refractivity contribution in [3.05, 3.63) is 0 Å². The van der Waals surface area contributed by atoms with Crippen molar-refractivity contribution < 1.29 is 19.8 Å². The zero-order valence-electron chi connectivity index (χ0n) is 9.19. The van der Waals surface area contributed by atoms with Gasteiger partial charge in [-0.1, -0.05) is 0 Å². The summed E-state index contributed by atoms with van der Waals surface area (Å²) in [6.45, 7) is 1.10. The molecule has 1 heterocycles. The van der Waals surface area contributed by atoms with Crippen LogP contribution >= 0.6 is 0 Å². The third-order valence-corrected chi connectivity index (χ3v) is 2.66. The van der Waals surface area contributed by atoms with Crippen LogP contribution in [0.5, 0.6) is 0 Å². The molecule has 1 atom stereocenters. The highest BCUT2D eigenvalue weighted by Gasteiger charge is 2.23. The van der Waals surface area contributed by atoms with Gasteiger partial charge in [0.1, 0.15) is 6.04 Å². The van der Waals surface area contributed by atoms with E-state index < -0.39 is 12.0 Å². The minimum atomic E-state index is -1.11. The zero-order valence-corrected chi connectivity index (χ0v) is 9.19. The second-order valence-corrected chi connectivity index (χ2v) is 3.90. The standard InChI is InChI=1S/C10H18N2O4/c13-7-4-8(9(14)15)11-10(16)12-5-2-1-3-6-12/h8,13H,1-7H2,(H,11,16)(H,14,15)/t8-/m0/s1. The molecule has 1 saturated heterocycles. The fraction of sp³-hybridized carbons (Fsp3) is 0.800. The SMILES string of the molecule is O=C(O)[C@H](CCO)NC(=O)N1CCCCC1. The highest BCUT2D eigenvalue weighted by molar-refractivity contribution is 5.82. The smallest absolute Gasteiger partial charge is 0.326 e. The molecule has 16 heavy (non-hydrogen) atoms. The third kappa shape index (κ3) is 3.69. The van der Waals surface area contributed by atoms with E-state index in [2.05, 4.69) is 5.32 Å². The molecule has 92 valence electrons. The number of hydrogen-bond donors (Lipinski definition) is 3. The number of nitrogens with one attached hydrogen (secondary N) is 1. The van der Waals surface area contributed by atoms with Crippen LogP contribution < -0.4 is 5.32 Å². The summed E-state index contributed by atoms with van der Waals surface area (Å²) in [5, 5.41) is 19.9. The van der Waals surface area contributed by atoms with Crippen molar-refractivity contribution in [2.24, 2.45) is 0 Å². The van der Waals surface area contributed by atoms with Crippen molar-refractivity contribution in [1.29, 1.82) is 0 Å². The molecule has 0 aromatic rings. The van der Waals surface area contributed by atoms with E-state index in [4.69, 9.17) is 10.2 Å². The fourth-order valence-electron chi connectivity index (χ4n) is 1.72. The Morgan fingerprint density at radius 3 is 2.38 bits per heavy atom. The average molecular weight is 230 g/mol. The summed E-state index contributed by atoms with van der Waals surface area (Å²) in [5.74, 6) is -1.11. The number of aliphatic hydroxyl groups is 1. The fourth-order valence-corrected chi connectivity index (χ4v) is 1.72. The maximum Gasteiger partial charge on any atom is 0.326 e. The molecule has 1 aliphatic heterocycles. The largest absolute Gasteiger partial charge is 0.480 e. The number of nitrogens with zero attached hydrogens (tertiary/aromatic N) is 1. The predicted molar refractivity (Wildman–Crippen MR) is 57.1 cm³/mol. The molecule has 6 nitrogen and oxygen atoms in total. The molecule has 0 spiro atoms. The summed E-state index contributed by atoms with van der Waals surface area (Å²) >= 11 is 0. The molecule has 1 fully saturated rings. The Bertz CT molecular complexity index is 251. The number of carboxylic acid groups (broad SMARTS) is 1. The minimum Gasteiger partial charge on any atom is -0.480 e. The molecule has 0 unspecified atom stereocenters. The van der Waals surface area contributed by atoms with Gasteiger partial charge in [-0.2, -0.15) is 0 Å². The molecule has 2 amide bonds. The number of piperidine rings is 1. The first-order valence-electron chi connectivity index (χ1n) is 5.54. The van der Waals surface area contributed by atoms with Crippen LogP contribution in [-0.4, -0.2) is 52.9 Å². The number of aliphatic carboxylic acids is 1. The van der Waals surface area contributed by atoms with E-state index in [1.165, 1.54) is 0 Å². The van der Waals surface area contributed by atoms with Gasteiger partial charge in [0.25, 0.3) is 0 Å². The van der Waals surface area contributed by atoms with Crippen molar-refractivity contribution >= 4 is 12.0 Å². The second-order valence-electron chi connectivity index (χ2n) is 3.90. The maximum atomic E-state index is 11.7. The summed E-state index contributed by atoms with van der Waals surface area (Å²) in [6.07, 6.45) is 3.08. The van der Waals surface area contributed by atoms with Gasteiger partial charge >= 0.3 is 12.0 Å². The lowest BCUT2D eigenvalue weighted by molar-refractivity contribution is -0.139. The Morgan fingerprint density at radius 2 is 1.88 bits per heavy atom. The van der Waals surface area contributed by atoms with Gasteiger partial charge < -0.3 is 20.4 Å². The Kier molecular flexibility index (Phi) is 5.04. The molecule has 0 saturated carbocycles. The van der Waals surface area contributed by atoms with Crippen molar-refractivity contribution in [2.75, 3.05) is 19.7 Å². The van der Waals surface area contributed by atoms with E-state index in [0.29, 0.717) is 13.1 Å². The van der Waals surface area contributed by atoms with Crippen LogP contribution in [0.1, 0.15) is 25.7 Å².